The molecule has 1 amide bonds. The zero-order valence-electron chi connectivity index (χ0n) is 4.81. The molecule has 0 aliphatic rings. The minimum Gasteiger partial charge on any atom is -0.448 e. The van der Waals surface area contributed by atoms with Gasteiger partial charge in [-0.3, -0.25) is 0 Å². The van der Waals surface area contributed by atoms with Crippen LogP contribution < -0.4 is 11.1 Å². The molecule has 0 rings (SSSR count). The number of likely N-dealkylation sites (N-methyl/N-ethyl adjacent to an activating group) is 1. The molecule has 3 N–H and O–H groups in total. The van der Waals surface area contributed by atoms with Gasteiger partial charge in [-0.15, -0.1) is 0 Å². The lowest BCUT2D eigenvalue weighted by molar-refractivity contribution is 0.158. The van der Waals surface area contributed by atoms with E-state index in [9.17, 15) is 4.79 Å². The van der Waals surface area contributed by atoms with Crippen LogP contribution >= 0.6 is 0 Å². The maximum absolute atomic E-state index is 9.85. The van der Waals surface area contributed by atoms with Gasteiger partial charge >= 0.3 is 6.09 Å². The summed E-state index contributed by atoms with van der Waals surface area (Å²) in [7, 11) is 1.77. The molecule has 0 bridgehead atoms. The maximum atomic E-state index is 9.85. The summed E-state index contributed by atoms with van der Waals surface area (Å²) in [5, 5.41) is 2.79. The highest BCUT2D eigenvalue weighted by molar-refractivity contribution is 5.64. The zero-order chi connectivity index (χ0) is 6.41. The van der Waals surface area contributed by atoms with Gasteiger partial charge in [0.25, 0.3) is 0 Å². The average Bonchev–Trinajstić information content (AvgIpc) is 1.66. The molecule has 48 valence electrons. The Morgan fingerprint density at radius 2 is 2.50 bits per heavy atom. The first-order valence-corrected chi connectivity index (χ1v) is 2.34. The van der Waals surface area contributed by atoms with Crippen molar-refractivity contribution >= 4 is 6.09 Å². The Labute approximate surface area is 48.0 Å². The predicted octanol–water partition coefficient (Wildman–Crippen LogP) is -0.699. The Morgan fingerprint density at radius 1 is 1.88 bits per heavy atom. The van der Waals surface area contributed by atoms with Crippen LogP contribution in [0.4, 0.5) is 4.79 Å². The number of hydrogen-bond acceptors (Lipinski definition) is 3. The number of carbonyl (C=O) groups excluding carboxylic acids is 1. The highest BCUT2D eigenvalue weighted by Crippen LogP contribution is 1.68. The van der Waals surface area contributed by atoms with Gasteiger partial charge in [-0.1, -0.05) is 0 Å². The van der Waals surface area contributed by atoms with Crippen LogP contribution in [0.1, 0.15) is 0 Å². The van der Waals surface area contributed by atoms with Gasteiger partial charge in [0, 0.05) is 6.54 Å². The quantitative estimate of drug-likeness (QED) is 0.482. The summed E-state index contributed by atoms with van der Waals surface area (Å²) in [5.74, 6) is 0. The van der Waals surface area contributed by atoms with E-state index in [-0.39, 0.29) is 0 Å². The first-order valence-electron chi connectivity index (χ1n) is 2.34. The first kappa shape index (κ1) is 7.23. The summed E-state index contributed by atoms with van der Waals surface area (Å²) >= 11 is 0. The second kappa shape index (κ2) is 4.39. The molecule has 4 heteroatoms. The van der Waals surface area contributed by atoms with Crippen LogP contribution in [0, 0.1) is 0 Å². The van der Waals surface area contributed by atoms with Crippen molar-refractivity contribution in [3.05, 3.63) is 0 Å². The molecular weight excluding hydrogens is 108 g/mol. The fourth-order valence-electron chi connectivity index (χ4n) is 0.254. The lowest BCUT2D eigenvalue weighted by atomic mass is 10.7. The van der Waals surface area contributed by atoms with Crippen LogP contribution in [-0.2, 0) is 4.74 Å². The standard InChI is InChI=1S/C4H10N2O2/c1-6-2-3-8-4(5)7/h6H,2-3H2,1H3,(H2,5,7). The van der Waals surface area contributed by atoms with Crippen molar-refractivity contribution < 1.29 is 9.53 Å². The van der Waals surface area contributed by atoms with Gasteiger partial charge in [-0.2, -0.15) is 0 Å². The van der Waals surface area contributed by atoms with Gasteiger partial charge in [0.2, 0.25) is 0 Å². The van der Waals surface area contributed by atoms with Gasteiger partial charge in [0.15, 0.2) is 0 Å². The highest BCUT2D eigenvalue weighted by Gasteiger charge is 1.88. The second-order valence-electron chi connectivity index (χ2n) is 1.27. The van der Waals surface area contributed by atoms with E-state index in [2.05, 4.69) is 15.8 Å². The monoisotopic (exact) mass is 118 g/mol. The van der Waals surface area contributed by atoms with E-state index in [1.165, 1.54) is 0 Å². The van der Waals surface area contributed by atoms with E-state index in [0.717, 1.165) is 0 Å². The zero-order valence-corrected chi connectivity index (χ0v) is 4.81. The molecular formula is C4H10N2O2. The van der Waals surface area contributed by atoms with Gasteiger partial charge in [-0.05, 0) is 7.05 Å². The predicted molar refractivity (Wildman–Crippen MR) is 29.5 cm³/mol. The van der Waals surface area contributed by atoms with Gasteiger partial charge < -0.3 is 15.8 Å². The van der Waals surface area contributed by atoms with Crippen molar-refractivity contribution in [2.75, 3.05) is 20.2 Å². The molecule has 0 saturated heterocycles. The van der Waals surface area contributed by atoms with Gasteiger partial charge in [-0.25, -0.2) is 4.79 Å². The molecule has 0 aliphatic carbocycles. The third-order valence-corrected chi connectivity index (χ3v) is 0.596. The van der Waals surface area contributed by atoms with Crippen molar-refractivity contribution in [2.45, 2.75) is 0 Å². The van der Waals surface area contributed by atoms with Crippen LogP contribution in [0.5, 0.6) is 0 Å². The molecule has 0 fully saturated rings. The molecule has 0 atom stereocenters. The Bertz CT molecular complexity index is 74.4. The Hall–Kier alpha value is -0.770. The molecule has 4 nitrogen and oxygen atoms in total. The number of amides is 1. The summed E-state index contributed by atoms with van der Waals surface area (Å²) in [6.07, 6.45) is -0.722. The van der Waals surface area contributed by atoms with Crippen molar-refractivity contribution in [1.29, 1.82) is 0 Å². The Balaban J connectivity index is 2.82. The molecule has 0 aliphatic heterocycles. The van der Waals surface area contributed by atoms with Gasteiger partial charge in [0.1, 0.15) is 6.61 Å². The number of carbonyl (C=O) groups is 1. The van der Waals surface area contributed by atoms with E-state index < -0.39 is 6.09 Å². The third kappa shape index (κ3) is 5.23. The van der Waals surface area contributed by atoms with Crippen LogP contribution in [0.25, 0.3) is 0 Å². The second-order valence-corrected chi connectivity index (χ2v) is 1.27. The van der Waals surface area contributed by atoms with E-state index in [1.54, 1.807) is 7.05 Å². The Kier molecular flexibility index (Phi) is 3.97. The molecule has 0 aromatic rings. The summed E-state index contributed by atoms with van der Waals surface area (Å²) in [4.78, 5) is 9.85. The van der Waals surface area contributed by atoms with E-state index in [4.69, 9.17) is 0 Å². The molecule has 0 aromatic carbocycles. The molecule has 8 heavy (non-hydrogen) atoms. The van der Waals surface area contributed by atoms with E-state index in [1.807, 2.05) is 0 Å². The molecule has 0 radical (unpaired) electrons. The third-order valence-electron chi connectivity index (χ3n) is 0.596. The smallest absolute Gasteiger partial charge is 0.404 e. The van der Waals surface area contributed by atoms with Crippen molar-refractivity contribution in [3.8, 4) is 0 Å². The number of nitrogens with two attached hydrogens (primary N) is 1. The Morgan fingerprint density at radius 3 is 2.88 bits per heavy atom. The maximum Gasteiger partial charge on any atom is 0.404 e. The van der Waals surface area contributed by atoms with Crippen LogP contribution in [0.2, 0.25) is 0 Å². The highest BCUT2D eigenvalue weighted by atomic mass is 16.5. The lowest BCUT2D eigenvalue weighted by Crippen LogP contribution is -2.20. The minimum absolute atomic E-state index is 0.339. The summed E-state index contributed by atoms with van der Waals surface area (Å²) in [6.45, 7) is 0.981. The fourth-order valence-corrected chi connectivity index (χ4v) is 0.254. The largest absolute Gasteiger partial charge is 0.448 e. The topological polar surface area (TPSA) is 64.3 Å². The number of ether oxygens (including phenoxy) is 1. The van der Waals surface area contributed by atoms with Crippen LogP contribution in [0.3, 0.4) is 0 Å². The van der Waals surface area contributed by atoms with Crippen LogP contribution in [-0.4, -0.2) is 26.3 Å². The van der Waals surface area contributed by atoms with E-state index >= 15 is 0 Å². The molecule has 0 heterocycles. The fraction of sp³-hybridized carbons (Fsp3) is 0.750. The summed E-state index contributed by atoms with van der Waals surface area (Å²) < 4.78 is 4.36. The minimum atomic E-state index is -0.722. The van der Waals surface area contributed by atoms with Crippen LogP contribution in [0.15, 0.2) is 0 Å². The van der Waals surface area contributed by atoms with Crippen molar-refractivity contribution in [1.82, 2.24) is 5.32 Å². The molecule has 0 aromatic heterocycles. The first-order chi connectivity index (χ1) is 3.77. The van der Waals surface area contributed by atoms with Gasteiger partial charge in [0.05, 0.1) is 0 Å². The number of primary amides is 1. The SMILES string of the molecule is CNCCOC(N)=O. The lowest BCUT2D eigenvalue weighted by Gasteiger charge is -1.97. The van der Waals surface area contributed by atoms with E-state index in [0.29, 0.717) is 13.2 Å². The number of hydrogen-bond donors (Lipinski definition) is 2. The molecule has 0 unspecified atom stereocenters. The molecule has 0 spiro atoms. The number of rotatable bonds is 3. The summed E-state index contributed by atoms with van der Waals surface area (Å²) in [6, 6.07) is 0. The van der Waals surface area contributed by atoms with Crippen molar-refractivity contribution in [3.63, 3.8) is 0 Å². The van der Waals surface area contributed by atoms with Crippen molar-refractivity contribution in [2.24, 2.45) is 5.73 Å². The average molecular weight is 118 g/mol. The summed E-state index contributed by atoms with van der Waals surface area (Å²) in [5.41, 5.74) is 4.64. The number of nitrogens with one attached hydrogen (secondary N) is 1. The normalized spacial score (nSPS) is 8.62. The molecule has 0 saturated carbocycles.